The maximum atomic E-state index is 10.5. The quantitative estimate of drug-likeness (QED) is 0.400. The number of amides is 1. The molecular weight excluding hydrogens is 430 g/mol. The van der Waals surface area contributed by atoms with Crippen LogP contribution in [0.1, 0.15) is 50.6 Å². The van der Waals surface area contributed by atoms with Gasteiger partial charge in [-0.1, -0.05) is 11.6 Å². The molecule has 0 saturated heterocycles. The molecule has 0 atom stereocenters. The third-order valence-corrected chi connectivity index (χ3v) is 6.64. The fourth-order valence-corrected chi connectivity index (χ4v) is 4.53. The minimum Gasteiger partial charge on any atom is -0.465 e. The monoisotopic (exact) mass is 461 g/mol. The van der Waals surface area contributed by atoms with Crippen LogP contribution in [0.2, 0.25) is 5.02 Å². The molecule has 2 aliphatic rings. The van der Waals surface area contributed by atoms with E-state index in [1.165, 1.54) is 18.5 Å². The van der Waals surface area contributed by atoms with Crippen molar-refractivity contribution < 1.29 is 9.90 Å². The number of nitrogens with zero attached hydrogens (tertiary/aromatic N) is 4. The summed E-state index contributed by atoms with van der Waals surface area (Å²) < 4.78 is 1.94. The van der Waals surface area contributed by atoms with Crippen molar-refractivity contribution >= 4 is 23.6 Å². The van der Waals surface area contributed by atoms with Crippen molar-refractivity contribution in [3.63, 3.8) is 0 Å². The van der Waals surface area contributed by atoms with Crippen molar-refractivity contribution in [3.8, 4) is 11.3 Å². The van der Waals surface area contributed by atoms with Crippen LogP contribution in [-0.4, -0.2) is 56.1 Å². The van der Waals surface area contributed by atoms with E-state index in [0.717, 1.165) is 62.2 Å². The van der Waals surface area contributed by atoms with Gasteiger partial charge in [-0.05, 0) is 63.8 Å². The Kier molecular flexibility index (Phi) is 7.47. The first-order valence-corrected chi connectivity index (χ1v) is 11.9. The molecule has 4 rings (SSSR count). The van der Waals surface area contributed by atoms with E-state index in [-0.39, 0.29) is 0 Å². The van der Waals surface area contributed by atoms with Gasteiger partial charge in [-0.3, -0.25) is 4.68 Å². The van der Waals surface area contributed by atoms with Crippen LogP contribution in [0, 0.1) is 5.92 Å². The molecule has 2 saturated carbocycles. The molecule has 0 unspecified atom stereocenters. The molecule has 0 radical (unpaired) electrons. The normalized spacial score (nSPS) is 20.8. The Bertz CT molecular complexity index is 923. The molecule has 2 aromatic heterocycles. The first kappa shape index (κ1) is 22.8. The van der Waals surface area contributed by atoms with E-state index in [2.05, 4.69) is 26.0 Å². The number of rotatable bonds is 10. The lowest BCUT2D eigenvalue weighted by atomic mass is 9.91. The van der Waals surface area contributed by atoms with E-state index in [4.69, 9.17) is 21.7 Å². The van der Waals surface area contributed by atoms with Gasteiger partial charge in [0, 0.05) is 36.9 Å². The third kappa shape index (κ3) is 6.10. The second-order valence-corrected chi connectivity index (χ2v) is 9.31. The lowest BCUT2D eigenvalue weighted by Crippen LogP contribution is -2.38. The number of carboxylic acid groups (broad SMARTS) is 1. The third-order valence-electron chi connectivity index (χ3n) is 6.36. The molecule has 9 nitrogen and oxygen atoms in total. The van der Waals surface area contributed by atoms with Gasteiger partial charge in [0.25, 0.3) is 0 Å². The number of aryl methyl sites for hydroxylation is 1. The Morgan fingerprint density at radius 3 is 2.62 bits per heavy atom. The van der Waals surface area contributed by atoms with Crippen molar-refractivity contribution in [2.75, 3.05) is 18.4 Å². The fourth-order valence-electron chi connectivity index (χ4n) is 4.34. The lowest BCUT2D eigenvalue weighted by Gasteiger charge is -2.30. The summed E-state index contributed by atoms with van der Waals surface area (Å²) in [4.78, 5) is 19.7. The summed E-state index contributed by atoms with van der Waals surface area (Å²) in [6.07, 6.45) is 11.2. The molecule has 0 aliphatic heterocycles. The van der Waals surface area contributed by atoms with E-state index in [1.54, 1.807) is 6.20 Å². The summed E-state index contributed by atoms with van der Waals surface area (Å²) in [5.74, 6) is 1.36. The Hall–Kier alpha value is -2.39. The van der Waals surface area contributed by atoms with Gasteiger partial charge in [0.15, 0.2) is 0 Å². The number of hydrogen-bond acceptors (Lipinski definition) is 6. The average molecular weight is 462 g/mol. The van der Waals surface area contributed by atoms with Gasteiger partial charge in [-0.15, -0.1) is 0 Å². The smallest absolute Gasteiger partial charge is 0.404 e. The molecule has 10 heteroatoms. The first-order valence-electron chi connectivity index (χ1n) is 11.5. The maximum absolute atomic E-state index is 10.5. The van der Waals surface area contributed by atoms with Crippen molar-refractivity contribution in [3.05, 3.63) is 23.1 Å². The maximum Gasteiger partial charge on any atom is 0.404 e. The molecule has 32 heavy (non-hydrogen) atoms. The lowest BCUT2D eigenvalue weighted by molar-refractivity contribution is 0.194. The van der Waals surface area contributed by atoms with Crippen LogP contribution in [0.15, 0.2) is 12.4 Å². The Labute approximate surface area is 193 Å². The summed E-state index contributed by atoms with van der Waals surface area (Å²) in [5.41, 5.74) is 2.93. The van der Waals surface area contributed by atoms with Crippen LogP contribution in [0.4, 0.5) is 10.7 Å². The average Bonchev–Trinajstić information content (AvgIpc) is 3.52. The van der Waals surface area contributed by atoms with Gasteiger partial charge in [0.2, 0.25) is 5.95 Å². The topological polar surface area (TPSA) is 117 Å². The van der Waals surface area contributed by atoms with Crippen molar-refractivity contribution in [1.82, 2.24) is 30.4 Å². The molecule has 2 aromatic rings. The molecule has 4 N–H and O–H groups in total. The van der Waals surface area contributed by atoms with E-state index in [1.807, 2.05) is 17.9 Å². The molecule has 0 bridgehead atoms. The SMILES string of the molecule is Cn1ncc(-c2nc(NC3CCC(NCCCNC(=O)O)CC3)ncc2Cl)c1CC1CC1. The number of hydrogen-bond donors (Lipinski definition) is 4. The van der Waals surface area contributed by atoms with Crippen molar-refractivity contribution in [1.29, 1.82) is 0 Å². The predicted molar refractivity (Wildman–Crippen MR) is 124 cm³/mol. The van der Waals surface area contributed by atoms with Crippen molar-refractivity contribution in [2.24, 2.45) is 13.0 Å². The summed E-state index contributed by atoms with van der Waals surface area (Å²) >= 11 is 6.48. The molecule has 1 amide bonds. The molecule has 174 valence electrons. The van der Waals surface area contributed by atoms with E-state index in [0.29, 0.717) is 29.6 Å². The summed E-state index contributed by atoms with van der Waals surface area (Å²) in [7, 11) is 1.98. The van der Waals surface area contributed by atoms with Crippen molar-refractivity contribution in [2.45, 2.75) is 63.5 Å². The highest BCUT2D eigenvalue weighted by Crippen LogP contribution is 2.37. The van der Waals surface area contributed by atoms with Gasteiger partial charge < -0.3 is 21.1 Å². The number of carbonyl (C=O) groups is 1. The minimum absolute atomic E-state index is 0.329. The molecular formula is C22H32ClN7O2. The minimum atomic E-state index is -0.966. The highest BCUT2D eigenvalue weighted by molar-refractivity contribution is 6.32. The Morgan fingerprint density at radius 1 is 1.16 bits per heavy atom. The fraction of sp³-hybridized carbons (Fsp3) is 0.636. The van der Waals surface area contributed by atoms with Gasteiger partial charge in [0.1, 0.15) is 0 Å². The number of halogens is 1. The zero-order valence-electron chi connectivity index (χ0n) is 18.5. The summed E-state index contributed by atoms with van der Waals surface area (Å²) in [6.45, 7) is 1.30. The Morgan fingerprint density at radius 2 is 1.91 bits per heavy atom. The first-order chi connectivity index (χ1) is 15.5. The highest BCUT2D eigenvalue weighted by Gasteiger charge is 2.26. The molecule has 2 fully saturated rings. The zero-order chi connectivity index (χ0) is 22.5. The second kappa shape index (κ2) is 10.5. The zero-order valence-corrected chi connectivity index (χ0v) is 19.2. The van der Waals surface area contributed by atoms with E-state index >= 15 is 0 Å². The molecule has 0 aromatic carbocycles. The van der Waals surface area contributed by atoms with Gasteiger partial charge in [-0.2, -0.15) is 5.10 Å². The number of aromatic nitrogens is 4. The molecule has 0 spiro atoms. The largest absolute Gasteiger partial charge is 0.465 e. The predicted octanol–water partition coefficient (Wildman–Crippen LogP) is 3.45. The second-order valence-electron chi connectivity index (χ2n) is 8.90. The molecule has 2 heterocycles. The van der Waals surface area contributed by atoms with Crippen LogP contribution in [0.3, 0.4) is 0 Å². The van der Waals surface area contributed by atoms with Gasteiger partial charge >= 0.3 is 6.09 Å². The number of nitrogens with one attached hydrogen (secondary N) is 3. The van der Waals surface area contributed by atoms with E-state index < -0.39 is 6.09 Å². The number of anilines is 1. The van der Waals surface area contributed by atoms with Crippen LogP contribution in [-0.2, 0) is 13.5 Å². The highest BCUT2D eigenvalue weighted by atomic mass is 35.5. The standard InChI is InChI=1S/C22H32ClN7O2/c1-30-19(11-14-3-4-14)17(12-27-30)20-18(23)13-26-21(29-20)28-16-7-5-15(6-8-16)24-9-2-10-25-22(31)32/h12-16,24-25H,2-11H2,1H3,(H,31,32)(H,26,28,29). The van der Waals surface area contributed by atoms with Gasteiger partial charge in [-0.25, -0.2) is 14.8 Å². The van der Waals surface area contributed by atoms with Crippen LogP contribution < -0.4 is 16.0 Å². The molecule has 2 aliphatic carbocycles. The Balaban J connectivity index is 1.30. The van der Waals surface area contributed by atoms with Gasteiger partial charge in [0.05, 0.1) is 23.1 Å². The van der Waals surface area contributed by atoms with Crippen LogP contribution >= 0.6 is 11.6 Å². The van der Waals surface area contributed by atoms with Crippen LogP contribution in [0.5, 0.6) is 0 Å². The summed E-state index contributed by atoms with van der Waals surface area (Å²) in [5, 5.41) is 23.0. The summed E-state index contributed by atoms with van der Waals surface area (Å²) in [6, 6.07) is 0.801. The van der Waals surface area contributed by atoms with Crippen LogP contribution in [0.25, 0.3) is 11.3 Å². The van der Waals surface area contributed by atoms with E-state index in [9.17, 15) is 4.79 Å².